The van der Waals surface area contributed by atoms with E-state index in [-0.39, 0.29) is 29.9 Å². The molecule has 1 heterocycles. The first-order chi connectivity index (χ1) is 13.6. The monoisotopic (exact) mass is 417 g/mol. The van der Waals surface area contributed by atoms with E-state index >= 15 is 0 Å². The molecule has 0 bridgehead atoms. The van der Waals surface area contributed by atoms with Crippen molar-refractivity contribution in [1.29, 1.82) is 0 Å². The molecule has 3 rings (SSSR count). The van der Waals surface area contributed by atoms with Gasteiger partial charge in [0.15, 0.2) is 10.1 Å². The van der Waals surface area contributed by atoms with Crippen molar-refractivity contribution in [3.8, 4) is 0 Å². The summed E-state index contributed by atoms with van der Waals surface area (Å²) in [6, 6.07) is 14.9. The molecule has 0 aliphatic carbocycles. The van der Waals surface area contributed by atoms with Gasteiger partial charge in [-0.05, 0) is 29.8 Å². The van der Waals surface area contributed by atoms with Gasteiger partial charge in [-0.1, -0.05) is 53.4 Å². The number of hydrogen-bond acceptors (Lipinski definition) is 7. The van der Waals surface area contributed by atoms with Crippen LogP contribution in [0.15, 0.2) is 58.9 Å². The molecule has 0 saturated heterocycles. The molecule has 144 valence electrons. The molecule has 0 aliphatic heterocycles. The van der Waals surface area contributed by atoms with E-state index in [2.05, 4.69) is 15.5 Å². The van der Waals surface area contributed by atoms with E-state index in [1.807, 2.05) is 30.3 Å². The Morgan fingerprint density at radius 1 is 1.07 bits per heavy atom. The molecule has 0 saturated carbocycles. The molecular formula is C19H16FN3O3S2. The SMILES string of the molecule is O=C(COCc1ccccc1)Nc1nnc(SCC(=O)c2ccc(F)cc2)s1. The standard InChI is InChI=1S/C19H16FN3O3S2/c20-15-8-6-14(7-9-15)16(24)12-27-19-23-22-18(28-19)21-17(25)11-26-10-13-4-2-1-3-5-13/h1-9H,10-12H2,(H,21,22,25). The van der Waals surface area contributed by atoms with Crippen molar-refractivity contribution < 1.29 is 18.7 Å². The van der Waals surface area contributed by atoms with Crippen LogP contribution in [0.25, 0.3) is 0 Å². The Morgan fingerprint density at radius 3 is 2.57 bits per heavy atom. The number of ketones is 1. The molecule has 0 atom stereocenters. The molecule has 1 amide bonds. The van der Waals surface area contributed by atoms with E-state index in [4.69, 9.17) is 4.74 Å². The molecule has 0 aliphatic rings. The quantitative estimate of drug-likeness (QED) is 0.324. The molecule has 0 radical (unpaired) electrons. The summed E-state index contributed by atoms with van der Waals surface area (Å²) in [5, 5.41) is 10.8. The molecule has 1 aromatic heterocycles. The van der Waals surface area contributed by atoms with Crippen LogP contribution in [0.2, 0.25) is 0 Å². The number of carbonyl (C=O) groups is 2. The zero-order valence-electron chi connectivity index (χ0n) is 14.6. The maximum Gasteiger partial charge on any atom is 0.252 e. The van der Waals surface area contributed by atoms with Crippen LogP contribution in [0.5, 0.6) is 0 Å². The number of thioether (sulfide) groups is 1. The number of benzene rings is 2. The Labute approximate surface area is 169 Å². The Kier molecular flexibility index (Phi) is 7.24. The lowest BCUT2D eigenvalue weighted by Crippen LogP contribution is -2.18. The van der Waals surface area contributed by atoms with Crippen LogP contribution in [0.3, 0.4) is 0 Å². The number of halogens is 1. The number of amides is 1. The van der Waals surface area contributed by atoms with Gasteiger partial charge >= 0.3 is 0 Å². The molecule has 2 aromatic carbocycles. The highest BCUT2D eigenvalue weighted by Gasteiger charge is 2.12. The molecule has 0 spiro atoms. The van der Waals surface area contributed by atoms with E-state index < -0.39 is 0 Å². The van der Waals surface area contributed by atoms with E-state index in [0.29, 0.717) is 21.6 Å². The van der Waals surface area contributed by atoms with Crippen LogP contribution < -0.4 is 5.32 Å². The van der Waals surface area contributed by atoms with Gasteiger partial charge in [-0.2, -0.15) is 0 Å². The van der Waals surface area contributed by atoms with Gasteiger partial charge in [-0.3, -0.25) is 14.9 Å². The summed E-state index contributed by atoms with van der Waals surface area (Å²) in [4.78, 5) is 24.0. The van der Waals surface area contributed by atoms with Crippen LogP contribution in [-0.4, -0.2) is 34.2 Å². The van der Waals surface area contributed by atoms with Crippen LogP contribution >= 0.6 is 23.1 Å². The van der Waals surface area contributed by atoms with Crippen molar-refractivity contribution in [2.45, 2.75) is 10.9 Å². The first-order valence-electron chi connectivity index (χ1n) is 8.27. The molecule has 0 fully saturated rings. The summed E-state index contributed by atoms with van der Waals surface area (Å²) in [7, 11) is 0. The van der Waals surface area contributed by atoms with Crippen molar-refractivity contribution >= 4 is 39.9 Å². The number of rotatable bonds is 9. The molecule has 0 unspecified atom stereocenters. The van der Waals surface area contributed by atoms with E-state index in [1.165, 1.54) is 47.4 Å². The predicted molar refractivity (Wildman–Crippen MR) is 106 cm³/mol. The summed E-state index contributed by atoms with van der Waals surface area (Å²) in [6.07, 6.45) is 0. The van der Waals surface area contributed by atoms with Gasteiger partial charge in [-0.15, -0.1) is 10.2 Å². The predicted octanol–water partition coefficient (Wildman–Crippen LogP) is 3.81. The van der Waals surface area contributed by atoms with Crippen LogP contribution in [0.4, 0.5) is 9.52 Å². The summed E-state index contributed by atoms with van der Waals surface area (Å²) >= 11 is 2.38. The highest BCUT2D eigenvalue weighted by molar-refractivity contribution is 8.01. The maximum atomic E-state index is 12.9. The smallest absolute Gasteiger partial charge is 0.252 e. The topological polar surface area (TPSA) is 81.2 Å². The van der Waals surface area contributed by atoms with Crippen LogP contribution in [0, 0.1) is 5.82 Å². The number of carbonyl (C=O) groups excluding carboxylic acids is 2. The molecule has 1 N–H and O–H groups in total. The summed E-state index contributed by atoms with van der Waals surface area (Å²) in [5.74, 6) is -0.707. The van der Waals surface area contributed by atoms with Gasteiger partial charge in [0.1, 0.15) is 12.4 Å². The number of anilines is 1. The minimum absolute atomic E-state index is 0.0972. The van der Waals surface area contributed by atoms with Crippen molar-refractivity contribution in [2.75, 3.05) is 17.7 Å². The van der Waals surface area contributed by atoms with Gasteiger partial charge in [0.25, 0.3) is 5.91 Å². The Bertz CT molecular complexity index is 933. The molecule has 9 heteroatoms. The second kappa shape index (κ2) is 10.1. The highest BCUT2D eigenvalue weighted by atomic mass is 32.2. The van der Waals surface area contributed by atoms with E-state index in [0.717, 1.165) is 5.56 Å². The molecule has 6 nitrogen and oxygen atoms in total. The summed E-state index contributed by atoms with van der Waals surface area (Å²) in [5.41, 5.74) is 1.42. The number of aromatic nitrogens is 2. The molecule has 3 aromatic rings. The molecule has 28 heavy (non-hydrogen) atoms. The lowest BCUT2D eigenvalue weighted by molar-refractivity contribution is -0.121. The zero-order valence-corrected chi connectivity index (χ0v) is 16.3. The lowest BCUT2D eigenvalue weighted by atomic mass is 10.1. The zero-order chi connectivity index (χ0) is 19.8. The van der Waals surface area contributed by atoms with Crippen molar-refractivity contribution in [1.82, 2.24) is 10.2 Å². The largest absolute Gasteiger partial charge is 0.367 e. The van der Waals surface area contributed by atoms with Crippen molar-refractivity contribution in [3.05, 3.63) is 71.5 Å². The second-order valence-electron chi connectivity index (χ2n) is 5.62. The number of nitrogens with zero attached hydrogens (tertiary/aromatic N) is 2. The van der Waals surface area contributed by atoms with Crippen LogP contribution in [-0.2, 0) is 16.1 Å². The fourth-order valence-corrected chi connectivity index (χ4v) is 3.82. The number of ether oxygens (including phenoxy) is 1. The average molecular weight is 417 g/mol. The Morgan fingerprint density at radius 2 is 1.82 bits per heavy atom. The highest BCUT2D eigenvalue weighted by Crippen LogP contribution is 2.26. The Hall–Kier alpha value is -2.62. The van der Waals surface area contributed by atoms with Crippen molar-refractivity contribution in [3.63, 3.8) is 0 Å². The second-order valence-corrected chi connectivity index (χ2v) is 7.82. The lowest BCUT2D eigenvalue weighted by Gasteiger charge is -2.03. The molecular weight excluding hydrogens is 401 g/mol. The van der Waals surface area contributed by atoms with Gasteiger partial charge in [0.2, 0.25) is 5.13 Å². The summed E-state index contributed by atoms with van der Waals surface area (Å²) in [6.45, 7) is 0.247. The third-order valence-electron chi connectivity index (χ3n) is 3.49. The normalized spacial score (nSPS) is 10.6. The number of nitrogens with one attached hydrogen (secondary N) is 1. The average Bonchev–Trinajstić information content (AvgIpc) is 3.14. The maximum absolute atomic E-state index is 12.9. The van der Waals surface area contributed by atoms with Crippen LogP contribution in [0.1, 0.15) is 15.9 Å². The third-order valence-corrected chi connectivity index (χ3v) is 5.46. The third kappa shape index (κ3) is 6.22. The number of hydrogen-bond donors (Lipinski definition) is 1. The van der Waals surface area contributed by atoms with Gasteiger partial charge < -0.3 is 4.74 Å². The van der Waals surface area contributed by atoms with Crippen molar-refractivity contribution in [2.24, 2.45) is 0 Å². The minimum atomic E-state index is -0.388. The first kappa shape index (κ1) is 20.1. The van der Waals surface area contributed by atoms with Gasteiger partial charge in [-0.25, -0.2) is 4.39 Å². The van der Waals surface area contributed by atoms with Gasteiger partial charge in [0.05, 0.1) is 12.4 Å². The van der Waals surface area contributed by atoms with E-state index in [1.54, 1.807) is 0 Å². The minimum Gasteiger partial charge on any atom is -0.367 e. The number of Topliss-reactive ketones (excluding diaryl/α,β-unsaturated/α-hetero) is 1. The fraction of sp³-hybridized carbons (Fsp3) is 0.158. The first-order valence-corrected chi connectivity index (χ1v) is 10.1. The Balaban J connectivity index is 1.41. The summed E-state index contributed by atoms with van der Waals surface area (Å²) < 4.78 is 18.8. The van der Waals surface area contributed by atoms with Gasteiger partial charge in [0, 0.05) is 5.56 Å². The fourth-order valence-electron chi connectivity index (χ4n) is 2.16. The van der Waals surface area contributed by atoms with E-state index in [9.17, 15) is 14.0 Å².